The van der Waals surface area contributed by atoms with Gasteiger partial charge in [0.15, 0.2) is 0 Å². The zero-order valence-electron chi connectivity index (χ0n) is 13.0. The molecule has 0 atom stereocenters. The van der Waals surface area contributed by atoms with Crippen molar-refractivity contribution in [1.29, 1.82) is 0 Å². The molecule has 0 aliphatic carbocycles. The molecule has 0 fully saturated rings. The van der Waals surface area contributed by atoms with Gasteiger partial charge in [-0.1, -0.05) is 0 Å². The van der Waals surface area contributed by atoms with Crippen LogP contribution in [-0.4, -0.2) is 39.9 Å². The van der Waals surface area contributed by atoms with Crippen LogP contribution in [0.25, 0.3) is 0 Å². The Hall–Kier alpha value is -3.68. The third-order valence-electron chi connectivity index (χ3n) is 3.79. The Bertz CT molecular complexity index is 770. The topological polar surface area (TPSA) is 103 Å². The van der Waals surface area contributed by atoms with Crippen molar-refractivity contribution in [3.63, 3.8) is 0 Å². The largest absolute Gasteiger partial charge is 0.261 e. The molecule has 120 valence electrons. The molecule has 25 heavy (non-hydrogen) atoms. The van der Waals surface area contributed by atoms with E-state index in [2.05, 4.69) is 39.9 Å². The van der Waals surface area contributed by atoms with Gasteiger partial charge in [-0.25, -0.2) is 0 Å². The number of rotatable bonds is 4. The van der Waals surface area contributed by atoms with Gasteiger partial charge >= 0.3 is 0 Å². The molecular formula is C17H12N8. The lowest BCUT2D eigenvalue weighted by molar-refractivity contribution is 0.626. The summed E-state index contributed by atoms with van der Waals surface area (Å²) >= 11 is 0. The molecular weight excluding hydrogens is 316 g/mol. The van der Waals surface area contributed by atoms with Gasteiger partial charge in [0.05, 0.1) is 47.6 Å². The van der Waals surface area contributed by atoms with E-state index in [0.717, 1.165) is 0 Å². The molecule has 4 aromatic rings. The first-order valence-corrected chi connectivity index (χ1v) is 7.48. The van der Waals surface area contributed by atoms with Crippen LogP contribution < -0.4 is 0 Å². The van der Waals surface area contributed by atoms with Crippen LogP contribution in [0.1, 0.15) is 22.8 Å². The van der Waals surface area contributed by atoms with Crippen molar-refractivity contribution < 1.29 is 0 Å². The van der Waals surface area contributed by atoms with E-state index >= 15 is 0 Å². The quantitative estimate of drug-likeness (QED) is 0.551. The van der Waals surface area contributed by atoms with Crippen molar-refractivity contribution in [3.05, 3.63) is 97.1 Å². The van der Waals surface area contributed by atoms with E-state index in [1.807, 2.05) is 0 Å². The highest BCUT2D eigenvalue weighted by molar-refractivity contribution is 5.49. The Balaban J connectivity index is 2.13. The summed E-state index contributed by atoms with van der Waals surface area (Å²) in [5.41, 5.74) is 1.41. The van der Waals surface area contributed by atoms with Gasteiger partial charge in [-0.15, -0.1) is 0 Å². The molecule has 0 N–H and O–H groups in total. The Labute approximate surface area is 143 Å². The first kappa shape index (κ1) is 14.9. The summed E-state index contributed by atoms with van der Waals surface area (Å²) in [6.07, 6.45) is 19.6. The average Bonchev–Trinajstić information content (AvgIpc) is 2.72. The molecule has 0 amide bonds. The van der Waals surface area contributed by atoms with Crippen molar-refractivity contribution in [2.75, 3.05) is 0 Å². The molecule has 8 heteroatoms. The Kier molecular flexibility index (Phi) is 3.83. The molecule has 0 aliphatic heterocycles. The molecule has 0 bridgehead atoms. The second-order valence-corrected chi connectivity index (χ2v) is 5.11. The van der Waals surface area contributed by atoms with Crippen LogP contribution in [0.3, 0.4) is 0 Å². The van der Waals surface area contributed by atoms with Crippen LogP contribution in [0.15, 0.2) is 74.4 Å². The average molecular weight is 328 g/mol. The lowest BCUT2D eigenvalue weighted by Gasteiger charge is -2.30. The van der Waals surface area contributed by atoms with E-state index in [4.69, 9.17) is 0 Å². The van der Waals surface area contributed by atoms with E-state index in [9.17, 15) is 0 Å². The highest BCUT2D eigenvalue weighted by Gasteiger charge is 2.45. The first-order chi connectivity index (χ1) is 12.4. The summed E-state index contributed by atoms with van der Waals surface area (Å²) in [6.45, 7) is 0. The fraction of sp³-hybridized carbons (Fsp3) is 0.0588. The van der Waals surface area contributed by atoms with Crippen molar-refractivity contribution in [2.45, 2.75) is 5.41 Å². The fourth-order valence-electron chi connectivity index (χ4n) is 2.76. The van der Waals surface area contributed by atoms with Crippen LogP contribution in [0.5, 0.6) is 0 Å². The van der Waals surface area contributed by atoms with Crippen molar-refractivity contribution in [1.82, 2.24) is 39.9 Å². The zero-order chi connectivity index (χ0) is 17.0. The van der Waals surface area contributed by atoms with Gasteiger partial charge in [-0.05, 0) is 0 Å². The fourth-order valence-corrected chi connectivity index (χ4v) is 2.76. The molecule has 0 unspecified atom stereocenters. The van der Waals surface area contributed by atoms with E-state index < -0.39 is 5.41 Å². The van der Waals surface area contributed by atoms with Crippen LogP contribution in [0, 0.1) is 0 Å². The zero-order valence-corrected chi connectivity index (χ0v) is 13.0. The predicted octanol–water partition coefficient (Wildman–Crippen LogP) is 1.23. The normalized spacial score (nSPS) is 11.2. The maximum absolute atomic E-state index is 4.51. The molecule has 0 radical (unpaired) electrons. The summed E-state index contributed by atoms with van der Waals surface area (Å²) in [5, 5.41) is 0. The van der Waals surface area contributed by atoms with E-state index in [1.54, 1.807) is 74.4 Å². The van der Waals surface area contributed by atoms with Gasteiger partial charge in [0, 0.05) is 49.6 Å². The third kappa shape index (κ3) is 2.49. The highest BCUT2D eigenvalue weighted by atomic mass is 14.9. The van der Waals surface area contributed by atoms with Crippen LogP contribution in [0.2, 0.25) is 0 Å². The molecule has 0 aromatic carbocycles. The maximum Gasteiger partial charge on any atom is 0.145 e. The predicted molar refractivity (Wildman–Crippen MR) is 87.1 cm³/mol. The molecule has 0 saturated heterocycles. The van der Waals surface area contributed by atoms with Crippen LogP contribution in [-0.2, 0) is 5.41 Å². The number of hydrogen-bond donors (Lipinski definition) is 0. The number of hydrogen-bond acceptors (Lipinski definition) is 8. The van der Waals surface area contributed by atoms with Gasteiger partial charge in [-0.2, -0.15) is 0 Å². The van der Waals surface area contributed by atoms with Gasteiger partial charge in [0.2, 0.25) is 0 Å². The van der Waals surface area contributed by atoms with Crippen molar-refractivity contribution in [2.24, 2.45) is 0 Å². The third-order valence-corrected chi connectivity index (χ3v) is 3.79. The van der Waals surface area contributed by atoms with Crippen molar-refractivity contribution in [3.8, 4) is 0 Å². The van der Waals surface area contributed by atoms with Crippen molar-refractivity contribution >= 4 is 0 Å². The molecule has 4 heterocycles. The maximum atomic E-state index is 4.51. The number of aromatic nitrogens is 8. The summed E-state index contributed by atoms with van der Waals surface area (Å²) in [5.74, 6) is 0. The minimum absolute atomic E-state index is 0.608. The standard InChI is InChI=1S/C17H12N8/c1-5-22-13(9-18-1)17(14-10-19-2-6-23-14,15-11-20-3-7-24-15)16-12-21-4-8-25-16/h1-12H. The monoisotopic (exact) mass is 328 g/mol. The van der Waals surface area contributed by atoms with Crippen LogP contribution in [0.4, 0.5) is 0 Å². The van der Waals surface area contributed by atoms with Gasteiger partial charge in [0.25, 0.3) is 0 Å². The SMILES string of the molecule is c1cnc(C(c2cnccn2)(c2cnccn2)c2cnccn2)cn1. The second kappa shape index (κ2) is 6.44. The summed E-state index contributed by atoms with van der Waals surface area (Å²) in [4.78, 5) is 34.9. The lowest BCUT2D eigenvalue weighted by atomic mass is 9.75. The molecule has 0 aliphatic rings. The first-order valence-electron chi connectivity index (χ1n) is 7.48. The minimum Gasteiger partial charge on any atom is -0.261 e. The molecule has 0 saturated carbocycles. The number of nitrogens with zero attached hydrogens (tertiary/aromatic N) is 8. The Morgan fingerprint density at radius 3 is 0.880 bits per heavy atom. The van der Waals surface area contributed by atoms with Crippen LogP contribution >= 0.6 is 0 Å². The van der Waals surface area contributed by atoms with E-state index in [1.165, 1.54) is 0 Å². The Morgan fingerprint density at radius 2 is 0.680 bits per heavy atom. The molecule has 4 aromatic heterocycles. The minimum atomic E-state index is -1.02. The van der Waals surface area contributed by atoms with E-state index in [-0.39, 0.29) is 0 Å². The molecule has 0 spiro atoms. The summed E-state index contributed by atoms with van der Waals surface area (Å²) < 4.78 is 0. The smallest absolute Gasteiger partial charge is 0.145 e. The van der Waals surface area contributed by atoms with E-state index in [0.29, 0.717) is 22.8 Å². The van der Waals surface area contributed by atoms with Gasteiger partial charge < -0.3 is 0 Å². The lowest BCUT2D eigenvalue weighted by Crippen LogP contribution is -2.35. The van der Waals surface area contributed by atoms with Gasteiger partial charge in [0.1, 0.15) is 5.41 Å². The summed E-state index contributed by atoms with van der Waals surface area (Å²) in [6, 6.07) is 0. The summed E-state index contributed by atoms with van der Waals surface area (Å²) in [7, 11) is 0. The Morgan fingerprint density at radius 1 is 0.400 bits per heavy atom. The second-order valence-electron chi connectivity index (χ2n) is 5.11. The molecule has 4 rings (SSSR count). The van der Waals surface area contributed by atoms with Gasteiger partial charge in [-0.3, -0.25) is 39.9 Å². The highest BCUT2D eigenvalue weighted by Crippen LogP contribution is 2.40. The molecule has 8 nitrogen and oxygen atoms in total.